The van der Waals surface area contributed by atoms with Crippen LogP contribution in [-0.2, 0) is 0 Å². The second kappa shape index (κ2) is 11.3. The lowest BCUT2D eigenvalue weighted by Crippen LogP contribution is -2.31. The number of aryl methyl sites for hydroxylation is 2. The minimum absolute atomic E-state index is 0.0278. The van der Waals surface area contributed by atoms with Gasteiger partial charge in [-0.3, -0.25) is 9.59 Å². The Bertz CT molecular complexity index is 1510. The Kier molecular flexibility index (Phi) is 7.62. The first kappa shape index (κ1) is 26.4. The quantitative estimate of drug-likeness (QED) is 0.303. The van der Waals surface area contributed by atoms with Crippen LogP contribution in [0.15, 0.2) is 91.0 Å². The van der Waals surface area contributed by atoms with Crippen molar-refractivity contribution >= 4 is 23.2 Å². The van der Waals surface area contributed by atoms with E-state index in [0.29, 0.717) is 23.4 Å². The molecule has 0 aromatic heterocycles. The van der Waals surface area contributed by atoms with Crippen LogP contribution in [0.5, 0.6) is 0 Å². The Morgan fingerprint density at radius 2 is 1.56 bits per heavy atom. The Labute approximate surface area is 231 Å². The van der Waals surface area contributed by atoms with E-state index in [4.69, 9.17) is 0 Å². The molecule has 1 aliphatic rings. The summed E-state index contributed by atoms with van der Waals surface area (Å²) in [4.78, 5) is 31.1. The summed E-state index contributed by atoms with van der Waals surface area (Å²) in [5.41, 5.74) is 8.27. The molecule has 5 rings (SSSR count). The number of nitrogens with one attached hydrogen (secondary N) is 1. The van der Waals surface area contributed by atoms with Crippen LogP contribution < -0.4 is 10.2 Å². The Morgan fingerprint density at radius 1 is 0.846 bits per heavy atom. The van der Waals surface area contributed by atoms with Crippen LogP contribution in [0.25, 0.3) is 11.1 Å². The second-order valence-corrected chi connectivity index (χ2v) is 10.5. The first-order valence-electron chi connectivity index (χ1n) is 13.5. The molecular weight excluding hydrogens is 482 g/mol. The number of benzene rings is 4. The van der Waals surface area contributed by atoms with Crippen molar-refractivity contribution in [1.29, 1.82) is 0 Å². The summed E-state index contributed by atoms with van der Waals surface area (Å²) in [5, 5.41) is 3.02. The van der Waals surface area contributed by atoms with Gasteiger partial charge in [0, 0.05) is 35.1 Å². The monoisotopic (exact) mass is 517 g/mol. The van der Waals surface area contributed by atoms with Gasteiger partial charge in [0.2, 0.25) is 0 Å². The van der Waals surface area contributed by atoms with E-state index in [1.807, 2.05) is 47.4 Å². The van der Waals surface area contributed by atoms with E-state index >= 15 is 0 Å². The van der Waals surface area contributed by atoms with E-state index in [-0.39, 0.29) is 17.9 Å². The van der Waals surface area contributed by atoms with Crippen molar-refractivity contribution in [2.24, 2.45) is 0 Å². The molecule has 1 atom stereocenters. The third kappa shape index (κ3) is 5.50. The molecule has 2 amide bonds. The number of carbonyl (C=O) groups is 2. The number of nitrogens with zero attached hydrogens (tertiary/aromatic N) is 2. The highest BCUT2D eigenvalue weighted by molar-refractivity contribution is 6.10. The number of hydrogen-bond acceptors (Lipinski definition) is 3. The summed E-state index contributed by atoms with van der Waals surface area (Å²) in [6, 6.07) is 29.6. The molecule has 198 valence electrons. The summed E-state index contributed by atoms with van der Waals surface area (Å²) in [6.45, 7) is 4.81. The molecule has 5 nitrogen and oxygen atoms in total. The molecule has 4 aromatic rings. The summed E-state index contributed by atoms with van der Waals surface area (Å²) >= 11 is 0. The third-order valence-corrected chi connectivity index (χ3v) is 7.55. The van der Waals surface area contributed by atoms with Crippen molar-refractivity contribution in [3.8, 4) is 11.1 Å². The minimum Gasteiger partial charge on any atom is -0.322 e. The van der Waals surface area contributed by atoms with Crippen LogP contribution in [0.1, 0.15) is 56.3 Å². The minimum atomic E-state index is -0.180. The van der Waals surface area contributed by atoms with E-state index < -0.39 is 0 Å². The Morgan fingerprint density at radius 3 is 2.31 bits per heavy atom. The first-order chi connectivity index (χ1) is 18.8. The van der Waals surface area contributed by atoms with Gasteiger partial charge >= 0.3 is 0 Å². The smallest absolute Gasteiger partial charge is 0.258 e. The van der Waals surface area contributed by atoms with Gasteiger partial charge in [-0.25, -0.2) is 0 Å². The Balaban J connectivity index is 1.36. The van der Waals surface area contributed by atoms with E-state index in [1.54, 1.807) is 24.3 Å². The van der Waals surface area contributed by atoms with Gasteiger partial charge in [-0.15, -0.1) is 0 Å². The maximum Gasteiger partial charge on any atom is 0.258 e. The zero-order chi connectivity index (χ0) is 27.5. The number of amides is 2. The van der Waals surface area contributed by atoms with Gasteiger partial charge in [-0.2, -0.15) is 0 Å². The van der Waals surface area contributed by atoms with Gasteiger partial charge in [-0.05, 0) is 99.4 Å². The van der Waals surface area contributed by atoms with Gasteiger partial charge < -0.3 is 15.1 Å². The standard InChI is InChI=1S/C34H35N3O2/c1-23-15-20-27(24(2)22-23)28-10-5-6-11-29(28)33(38)35-26-18-16-25(17-19-26)34(39)37-21-9-14-31(36(3)4)30-12-7-8-13-32(30)37/h5-8,10-13,15-20,22,31H,9,14,21H2,1-4H3,(H,35,38). The lowest BCUT2D eigenvalue weighted by molar-refractivity contribution is 0.0985. The van der Waals surface area contributed by atoms with Crippen molar-refractivity contribution in [1.82, 2.24) is 4.90 Å². The fraction of sp³-hybridized carbons (Fsp3) is 0.235. The predicted molar refractivity (Wildman–Crippen MR) is 160 cm³/mol. The van der Waals surface area contributed by atoms with E-state index in [9.17, 15) is 9.59 Å². The summed E-state index contributed by atoms with van der Waals surface area (Å²) in [6.07, 6.45) is 1.93. The van der Waals surface area contributed by atoms with Crippen LogP contribution in [0.4, 0.5) is 11.4 Å². The van der Waals surface area contributed by atoms with Crippen LogP contribution >= 0.6 is 0 Å². The van der Waals surface area contributed by atoms with E-state index in [1.165, 1.54) is 11.1 Å². The molecule has 5 heteroatoms. The number of para-hydroxylation sites is 1. The molecule has 0 bridgehead atoms. The molecule has 0 fully saturated rings. The number of rotatable bonds is 5. The zero-order valence-corrected chi connectivity index (χ0v) is 23.1. The summed E-state index contributed by atoms with van der Waals surface area (Å²) in [5.74, 6) is -0.208. The number of fused-ring (bicyclic) bond motifs is 1. The number of hydrogen-bond donors (Lipinski definition) is 1. The Hall–Kier alpha value is -4.22. The fourth-order valence-electron chi connectivity index (χ4n) is 5.56. The fourth-order valence-corrected chi connectivity index (χ4v) is 5.56. The third-order valence-electron chi connectivity index (χ3n) is 7.55. The first-order valence-corrected chi connectivity index (χ1v) is 13.5. The predicted octanol–water partition coefficient (Wildman–Crippen LogP) is 7.27. The largest absolute Gasteiger partial charge is 0.322 e. The number of carbonyl (C=O) groups excluding carboxylic acids is 2. The average Bonchev–Trinajstić information content (AvgIpc) is 3.13. The zero-order valence-electron chi connectivity index (χ0n) is 23.1. The average molecular weight is 518 g/mol. The molecule has 0 spiro atoms. The molecule has 0 radical (unpaired) electrons. The highest BCUT2D eigenvalue weighted by Crippen LogP contribution is 2.36. The molecular formula is C34H35N3O2. The molecule has 0 saturated heterocycles. The second-order valence-electron chi connectivity index (χ2n) is 10.5. The molecule has 4 aromatic carbocycles. The van der Waals surface area contributed by atoms with Crippen molar-refractivity contribution in [3.05, 3.63) is 119 Å². The SMILES string of the molecule is Cc1ccc(-c2ccccc2C(=O)Nc2ccc(C(=O)N3CCCC(N(C)C)c4ccccc43)cc2)c(C)c1. The van der Waals surface area contributed by atoms with Gasteiger partial charge in [0.25, 0.3) is 11.8 Å². The van der Waals surface area contributed by atoms with Crippen LogP contribution in [-0.4, -0.2) is 37.4 Å². The van der Waals surface area contributed by atoms with Gasteiger partial charge in [0.05, 0.1) is 0 Å². The van der Waals surface area contributed by atoms with E-state index in [2.05, 4.69) is 62.4 Å². The molecule has 1 heterocycles. The topological polar surface area (TPSA) is 52.7 Å². The van der Waals surface area contributed by atoms with Crippen molar-refractivity contribution in [3.63, 3.8) is 0 Å². The summed E-state index contributed by atoms with van der Waals surface area (Å²) < 4.78 is 0. The van der Waals surface area contributed by atoms with Gasteiger partial charge in [-0.1, -0.05) is 60.2 Å². The maximum atomic E-state index is 13.6. The van der Waals surface area contributed by atoms with Gasteiger partial charge in [0.15, 0.2) is 0 Å². The lowest BCUT2D eigenvalue weighted by atomic mass is 9.94. The highest BCUT2D eigenvalue weighted by Gasteiger charge is 2.28. The molecule has 39 heavy (non-hydrogen) atoms. The molecule has 0 aliphatic carbocycles. The van der Waals surface area contributed by atoms with Crippen LogP contribution in [0.2, 0.25) is 0 Å². The molecule has 1 aliphatic heterocycles. The molecule has 1 N–H and O–H groups in total. The normalized spacial score (nSPS) is 15.0. The number of anilines is 2. The van der Waals surface area contributed by atoms with Gasteiger partial charge in [0.1, 0.15) is 0 Å². The van der Waals surface area contributed by atoms with Crippen LogP contribution in [0.3, 0.4) is 0 Å². The van der Waals surface area contributed by atoms with E-state index in [0.717, 1.165) is 35.2 Å². The van der Waals surface area contributed by atoms with Crippen molar-refractivity contribution in [2.45, 2.75) is 32.7 Å². The van der Waals surface area contributed by atoms with Crippen molar-refractivity contribution in [2.75, 3.05) is 30.9 Å². The maximum absolute atomic E-state index is 13.6. The lowest BCUT2D eigenvalue weighted by Gasteiger charge is -2.27. The summed E-state index contributed by atoms with van der Waals surface area (Å²) in [7, 11) is 4.18. The van der Waals surface area contributed by atoms with Crippen LogP contribution in [0, 0.1) is 13.8 Å². The van der Waals surface area contributed by atoms with Crippen molar-refractivity contribution < 1.29 is 9.59 Å². The molecule has 1 unspecified atom stereocenters. The highest BCUT2D eigenvalue weighted by atomic mass is 16.2. The molecule has 0 saturated carbocycles.